The molecule has 2 N–H and O–H groups in total. The summed E-state index contributed by atoms with van der Waals surface area (Å²) in [4.78, 5) is 2.69. The van der Waals surface area contributed by atoms with Crippen molar-refractivity contribution in [1.82, 2.24) is 4.90 Å². The highest BCUT2D eigenvalue weighted by Gasteiger charge is 2.41. The van der Waals surface area contributed by atoms with E-state index in [1.807, 2.05) is 0 Å². The van der Waals surface area contributed by atoms with Gasteiger partial charge in [-0.25, -0.2) is 0 Å². The number of nitrogens with two attached hydrogens (primary N) is 1. The van der Waals surface area contributed by atoms with Gasteiger partial charge in [0.15, 0.2) is 0 Å². The lowest BCUT2D eigenvalue weighted by Crippen LogP contribution is -2.58. The zero-order chi connectivity index (χ0) is 15.3. The van der Waals surface area contributed by atoms with E-state index in [1.165, 1.54) is 51.5 Å². The monoisotopic (exact) mass is 296 g/mol. The minimum Gasteiger partial charge on any atom is -0.377 e. The maximum atomic E-state index is 6.29. The summed E-state index contributed by atoms with van der Waals surface area (Å²) >= 11 is 0. The second kappa shape index (κ2) is 7.43. The number of piperidine rings is 1. The van der Waals surface area contributed by atoms with Crippen molar-refractivity contribution in [3.05, 3.63) is 0 Å². The van der Waals surface area contributed by atoms with Gasteiger partial charge in [-0.3, -0.25) is 4.90 Å². The molecule has 2 atom stereocenters. The van der Waals surface area contributed by atoms with Crippen LogP contribution in [0.5, 0.6) is 0 Å². The van der Waals surface area contributed by atoms with E-state index < -0.39 is 0 Å². The van der Waals surface area contributed by atoms with Crippen molar-refractivity contribution in [3.63, 3.8) is 0 Å². The van der Waals surface area contributed by atoms with Gasteiger partial charge in [0.05, 0.1) is 6.10 Å². The molecule has 0 amide bonds. The molecule has 3 nitrogen and oxygen atoms in total. The molecule has 1 saturated carbocycles. The lowest BCUT2D eigenvalue weighted by atomic mass is 9.82. The summed E-state index contributed by atoms with van der Waals surface area (Å²) in [5, 5.41) is 0. The van der Waals surface area contributed by atoms with Gasteiger partial charge in [0.25, 0.3) is 0 Å². The Kier molecular flexibility index (Phi) is 6.10. The number of hydrogen-bond acceptors (Lipinski definition) is 3. The Bertz CT molecular complexity index is 318. The van der Waals surface area contributed by atoms with Gasteiger partial charge in [-0.15, -0.1) is 0 Å². The van der Waals surface area contributed by atoms with Gasteiger partial charge in [-0.1, -0.05) is 27.2 Å². The van der Waals surface area contributed by atoms with E-state index in [-0.39, 0.29) is 5.54 Å². The van der Waals surface area contributed by atoms with E-state index in [0.717, 1.165) is 26.1 Å². The fourth-order valence-electron chi connectivity index (χ4n) is 4.16. The first-order valence-electron chi connectivity index (χ1n) is 9.08. The lowest BCUT2D eigenvalue weighted by molar-refractivity contribution is -0.0412. The summed E-state index contributed by atoms with van der Waals surface area (Å²) in [5.41, 5.74) is 7.02. The smallest absolute Gasteiger partial charge is 0.0702 e. The van der Waals surface area contributed by atoms with E-state index in [1.54, 1.807) is 0 Å². The molecule has 1 aliphatic heterocycles. The van der Waals surface area contributed by atoms with Crippen molar-refractivity contribution in [2.24, 2.45) is 11.1 Å². The molecule has 1 heterocycles. The zero-order valence-corrected chi connectivity index (χ0v) is 14.5. The van der Waals surface area contributed by atoms with Crippen LogP contribution < -0.4 is 5.73 Å². The van der Waals surface area contributed by atoms with Crippen molar-refractivity contribution in [1.29, 1.82) is 0 Å². The number of rotatable bonds is 5. The highest BCUT2D eigenvalue weighted by atomic mass is 16.5. The molecule has 2 aliphatic rings. The summed E-state index contributed by atoms with van der Waals surface area (Å²) in [6.07, 6.45) is 10.5. The minimum atomic E-state index is 0.238. The Morgan fingerprint density at radius 2 is 1.95 bits per heavy atom. The van der Waals surface area contributed by atoms with Crippen LogP contribution in [0.15, 0.2) is 0 Å². The van der Waals surface area contributed by atoms with Crippen LogP contribution in [0.25, 0.3) is 0 Å². The average Bonchev–Trinajstić information content (AvgIpc) is 2.64. The molecular formula is C18H36N2O. The SMILES string of the molecule is CCCOC1CCCN(C2(CN)CCCC(C)(C)CC2)C1. The number of ether oxygens (including phenoxy) is 1. The van der Waals surface area contributed by atoms with E-state index in [2.05, 4.69) is 25.7 Å². The molecular weight excluding hydrogens is 260 g/mol. The van der Waals surface area contributed by atoms with E-state index >= 15 is 0 Å². The van der Waals surface area contributed by atoms with E-state index in [9.17, 15) is 0 Å². The summed E-state index contributed by atoms with van der Waals surface area (Å²) < 4.78 is 6.03. The minimum absolute atomic E-state index is 0.238. The van der Waals surface area contributed by atoms with Crippen LogP contribution in [0.1, 0.15) is 72.1 Å². The number of likely N-dealkylation sites (tertiary alicyclic amines) is 1. The first kappa shape index (κ1) is 17.2. The third-order valence-corrected chi connectivity index (χ3v) is 5.75. The van der Waals surface area contributed by atoms with Crippen molar-refractivity contribution in [2.45, 2.75) is 83.8 Å². The van der Waals surface area contributed by atoms with Gasteiger partial charge in [0.2, 0.25) is 0 Å². The average molecular weight is 296 g/mol. The zero-order valence-electron chi connectivity index (χ0n) is 14.5. The molecule has 0 spiro atoms. The number of hydrogen-bond donors (Lipinski definition) is 1. The normalized spacial score (nSPS) is 34.6. The first-order chi connectivity index (χ1) is 10.0. The maximum absolute atomic E-state index is 6.29. The van der Waals surface area contributed by atoms with Gasteiger partial charge >= 0.3 is 0 Å². The Morgan fingerprint density at radius 1 is 1.14 bits per heavy atom. The van der Waals surface area contributed by atoms with Crippen LogP contribution in [0.4, 0.5) is 0 Å². The Hall–Kier alpha value is -0.120. The topological polar surface area (TPSA) is 38.5 Å². The van der Waals surface area contributed by atoms with E-state index in [4.69, 9.17) is 10.5 Å². The fraction of sp³-hybridized carbons (Fsp3) is 1.00. The van der Waals surface area contributed by atoms with Gasteiger partial charge in [0.1, 0.15) is 0 Å². The van der Waals surface area contributed by atoms with Gasteiger partial charge in [-0.05, 0) is 56.9 Å². The third kappa shape index (κ3) is 4.43. The molecule has 2 rings (SSSR count). The second-order valence-electron chi connectivity index (χ2n) is 8.03. The summed E-state index contributed by atoms with van der Waals surface area (Å²) in [5.74, 6) is 0. The molecule has 1 saturated heterocycles. The van der Waals surface area contributed by atoms with Crippen LogP contribution in [-0.2, 0) is 4.74 Å². The quantitative estimate of drug-likeness (QED) is 0.788. The van der Waals surface area contributed by atoms with Crippen molar-refractivity contribution >= 4 is 0 Å². The van der Waals surface area contributed by atoms with Gasteiger partial charge < -0.3 is 10.5 Å². The van der Waals surface area contributed by atoms with Crippen LogP contribution in [0.3, 0.4) is 0 Å². The summed E-state index contributed by atoms with van der Waals surface area (Å²) in [7, 11) is 0. The molecule has 0 aromatic rings. The van der Waals surface area contributed by atoms with Crippen molar-refractivity contribution in [2.75, 3.05) is 26.2 Å². The van der Waals surface area contributed by atoms with E-state index in [0.29, 0.717) is 11.5 Å². The molecule has 1 aliphatic carbocycles. The molecule has 3 heteroatoms. The van der Waals surface area contributed by atoms with Crippen LogP contribution >= 0.6 is 0 Å². The Labute approximate surface area is 131 Å². The maximum Gasteiger partial charge on any atom is 0.0702 e. The van der Waals surface area contributed by atoms with Crippen LogP contribution in [0, 0.1) is 5.41 Å². The lowest BCUT2D eigenvalue weighted by Gasteiger charge is -2.47. The van der Waals surface area contributed by atoms with Gasteiger partial charge in [0, 0.05) is 25.2 Å². The molecule has 2 unspecified atom stereocenters. The molecule has 0 bridgehead atoms. The standard InChI is InChI=1S/C18H36N2O/c1-4-13-21-16-7-5-12-20(14-16)18(15-19)9-6-8-17(2,3)10-11-18/h16H,4-15,19H2,1-3H3. The summed E-state index contributed by atoms with van der Waals surface area (Å²) in [6.45, 7) is 11.0. The molecule has 124 valence electrons. The predicted molar refractivity (Wildman–Crippen MR) is 89.5 cm³/mol. The fourth-order valence-corrected chi connectivity index (χ4v) is 4.16. The van der Waals surface area contributed by atoms with Gasteiger partial charge in [-0.2, -0.15) is 0 Å². The van der Waals surface area contributed by atoms with Crippen molar-refractivity contribution in [3.8, 4) is 0 Å². The second-order valence-corrected chi connectivity index (χ2v) is 8.03. The molecule has 0 radical (unpaired) electrons. The molecule has 21 heavy (non-hydrogen) atoms. The number of nitrogens with zero attached hydrogens (tertiary/aromatic N) is 1. The van der Waals surface area contributed by atoms with Crippen LogP contribution in [0.2, 0.25) is 0 Å². The highest BCUT2D eigenvalue weighted by Crippen LogP contribution is 2.41. The molecule has 0 aromatic carbocycles. The summed E-state index contributed by atoms with van der Waals surface area (Å²) in [6, 6.07) is 0. The highest BCUT2D eigenvalue weighted by molar-refractivity contribution is 4.97. The Morgan fingerprint density at radius 3 is 2.67 bits per heavy atom. The third-order valence-electron chi connectivity index (χ3n) is 5.75. The van der Waals surface area contributed by atoms with Crippen molar-refractivity contribution < 1.29 is 4.74 Å². The first-order valence-corrected chi connectivity index (χ1v) is 9.08. The molecule has 2 fully saturated rings. The Balaban J connectivity index is 2.01. The predicted octanol–water partition coefficient (Wildman–Crippen LogP) is 3.57. The van der Waals surface area contributed by atoms with Crippen LogP contribution in [-0.4, -0.2) is 42.8 Å². The molecule has 0 aromatic heterocycles. The largest absolute Gasteiger partial charge is 0.377 e.